The van der Waals surface area contributed by atoms with Gasteiger partial charge in [-0.05, 0) is 31.5 Å². The van der Waals surface area contributed by atoms with Gasteiger partial charge in [-0.15, -0.1) is 0 Å². The lowest BCUT2D eigenvalue weighted by molar-refractivity contribution is -0.125. The number of hydrogen-bond donors (Lipinski definition) is 0. The molecule has 1 unspecified atom stereocenters. The van der Waals surface area contributed by atoms with Crippen LogP contribution in [0.1, 0.15) is 53.3 Å². The van der Waals surface area contributed by atoms with Crippen LogP contribution < -0.4 is 0 Å². The van der Waals surface area contributed by atoms with Gasteiger partial charge in [-0.2, -0.15) is 0 Å². The third-order valence-electron chi connectivity index (χ3n) is 4.82. The van der Waals surface area contributed by atoms with Gasteiger partial charge in [0.15, 0.2) is 0 Å². The first kappa shape index (κ1) is 15.9. The quantitative estimate of drug-likeness (QED) is 0.781. The molecule has 0 saturated carbocycles. The van der Waals surface area contributed by atoms with Gasteiger partial charge in [-0.3, -0.25) is 24.2 Å². The first-order valence-electron chi connectivity index (χ1n) is 8.35. The van der Waals surface area contributed by atoms with Crippen molar-refractivity contribution < 1.29 is 14.4 Å². The van der Waals surface area contributed by atoms with E-state index >= 15 is 0 Å². The second kappa shape index (κ2) is 6.62. The minimum atomic E-state index is -0.221. The van der Waals surface area contributed by atoms with Crippen molar-refractivity contribution in [3.63, 3.8) is 0 Å². The van der Waals surface area contributed by atoms with Crippen molar-refractivity contribution in [2.24, 2.45) is 0 Å². The number of benzene rings is 1. The first-order chi connectivity index (χ1) is 11.1. The number of ketones is 1. The molecule has 1 aromatic carbocycles. The molecule has 1 aromatic rings. The van der Waals surface area contributed by atoms with Crippen LogP contribution in [-0.4, -0.2) is 53.1 Å². The van der Waals surface area contributed by atoms with Crippen LogP contribution in [0.3, 0.4) is 0 Å². The van der Waals surface area contributed by atoms with Gasteiger partial charge in [0.2, 0.25) is 0 Å². The van der Waals surface area contributed by atoms with Gasteiger partial charge in [-0.1, -0.05) is 25.5 Å². The van der Waals surface area contributed by atoms with Crippen LogP contribution in [0, 0.1) is 0 Å². The minimum Gasteiger partial charge on any atom is -0.298 e. The zero-order valence-electron chi connectivity index (χ0n) is 13.5. The summed E-state index contributed by atoms with van der Waals surface area (Å²) in [6.45, 7) is 3.67. The Morgan fingerprint density at radius 1 is 1.09 bits per heavy atom. The van der Waals surface area contributed by atoms with Crippen LogP contribution in [-0.2, 0) is 4.79 Å². The van der Waals surface area contributed by atoms with Crippen molar-refractivity contribution in [1.29, 1.82) is 0 Å². The number of piperidine rings is 1. The molecule has 0 radical (unpaired) electrons. The van der Waals surface area contributed by atoms with E-state index in [1.807, 2.05) is 6.92 Å². The standard InChI is InChI=1S/C18H22N2O3/c1-2-16(21)15-9-5-6-10-19(15)11-12-20-17(22)13-7-3-4-8-14(13)18(20)23/h3-4,7-8,15H,2,5-6,9-12H2,1H3. The highest BCUT2D eigenvalue weighted by Gasteiger charge is 2.36. The second-order valence-corrected chi connectivity index (χ2v) is 6.17. The first-order valence-corrected chi connectivity index (χ1v) is 8.35. The van der Waals surface area contributed by atoms with E-state index in [9.17, 15) is 14.4 Å². The molecule has 0 bridgehead atoms. The topological polar surface area (TPSA) is 57.7 Å². The largest absolute Gasteiger partial charge is 0.298 e. The summed E-state index contributed by atoms with van der Waals surface area (Å²) < 4.78 is 0. The van der Waals surface area contributed by atoms with Gasteiger partial charge < -0.3 is 0 Å². The number of imide groups is 1. The summed E-state index contributed by atoms with van der Waals surface area (Å²) in [5, 5.41) is 0. The maximum atomic E-state index is 12.4. The minimum absolute atomic E-state index is 0.0519. The van der Waals surface area contributed by atoms with Gasteiger partial charge in [0, 0.05) is 19.5 Å². The van der Waals surface area contributed by atoms with Crippen molar-refractivity contribution in [2.75, 3.05) is 19.6 Å². The summed E-state index contributed by atoms with van der Waals surface area (Å²) in [5.41, 5.74) is 0.967. The highest BCUT2D eigenvalue weighted by Crippen LogP contribution is 2.23. The predicted octanol–water partition coefficient (Wildman–Crippen LogP) is 2.12. The number of carbonyl (C=O) groups is 3. The number of likely N-dealkylation sites (tertiary alicyclic amines) is 1. The molecule has 5 nitrogen and oxygen atoms in total. The lowest BCUT2D eigenvalue weighted by Gasteiger charge is -2.35. The maximum Gasteiger partial charge on any atom is 0.261 e. The summed E-state index contributed by atoms with van der Waals surface area (Å²) >= 11 is 0. The van der Waals surface area contributed by atoms with E-state index < -0.39 is 0 Å². The SMILES string of the molecule is CCC(=O)C1CCCCN1CCN1C(=O)c2ccccc2C1=O. The van der Waals surface area contributed by atoms with Crippen LogP contribution in [0.5, 0.6) is 0 Å². The number of nitrogens with zero attached hydrogens (tertiary/aromatic N) is 2. The highest BCUT2D eigenvalue weighted by molar-refractivity contribution is 6.21. The third kappa shape index (κ3) is 2.93. The molecule has 1 fully saturated rings. The Labute approximate surface area is 136 Å². The molecule has 2 aliphatic rings. The second-order valence-electron chi connectivity index (χ2n) is 6.17. The molecule has 2 aliphatic heterocycles. The smallest absolute Gasteiger partial charge is 0.261 e. The van der Waals surface area contributed by atoms with Crippen LogP contribution in [0.4, 0.5) is 0 Å². The monoisotopic (exact) mass is 314 g/mol. The van der Waals surface area contributed by atoms with E-state index in [0.29, 0.717) is 30.6 Å². The zero-order chi connectivity index (χ0) is 16.4. The summed E-state index contributed by atoms with van der Waals surface area (Å²) in [4.78, 5) is 40.3. The van der Waals surface area contributed by atoms with Crippen molar-refractivity contribution in [3.05, 3.63) is 35.4 Å². The fraction of sp³-hybridized carbons (Fsp3) is 0.500. The molecule has 122 valence electrons. The molecular weight excluding hydrogens is 292 g/mol. The fourth-order valence-electron chi connectivity index (χ4n) is 3.53. The molecule has 0 N–H and O–H groups in total. The fourth-order valence-corrected chi connectivity index (χ4v) is 3.53. The number of fused-ring (bicyclic) bond motifs is 1. The molecule has 2 heterocycles. The van der Waals surface area contributed by atoms with E-state index in [2.05, 4.69) is 4.90 Å². The summed E-state index contributed by atoms with van der Waals surface area (Å²) in [7, 11) is 0. The summed E-state index contributed by atoms with van der Waals surface area (Å²) in [6, 6.07) is 6.88. The molecule has 3 rings (SSSR count). The van der Waals surface area contributed by atoms with Crippen LogP contribution in [0.25, 0.3) is 0 Å². The Morgan fingerprint density at radius 3 is 2.35 bits per heavy atom. The number of carbonyl (C=O) groups excluding carboxylic acids is 3. The van der Waals surface area contributed by atoms with Crippen LogP contribution in [0.2, 0.25) is 0 Å². The van der Waals surface area contributed by atoms with E-state index in [4.69, 9.17) is 0 Å². The average molecular weight is 314 g/mol. The van der Waals surface area contributed by atoms with E-state index in [0.717, 1.165) is 25.8 Å². The van der Waals surface area contributed by atoms with Crippen molar-refractivity contribution in [2.45, 2.75) is 38.6 Å². The molecule has 0 spiro atoms. The summed E-state index contributed by atoms with van der Waals surface area (Å²) in [6.07, 6.45) is 3.55. The predicted molar refractivity (Wildman–Crippen MR) is 86.3 cm³/mol. The third-order valence-corrected chi connectivity index (χ3v) is 4.82. The van der Waals surface area contributed by atoms with Gasteiger partial charge >= 0.3 is 0 Å². The lowest BCUT2D eigenvalue weighted by atomic mass is 9.97. The molecule has 0 aromatic heterocycles. The summed E-state index contributed by atoms with van der Waals surface area (Å²) in [5.74, 6) is -0.186. The Balaban J connectivity index is 1.68. The lowest BCUT2D eigenvalue weighted by Crippen LogP contribution is -2.48. The van der Waals surface area contributed by atoms with Gasteiger partial charge in [0.25, 0.3) is 11.8 Å². The Morgan fingerprint density at radius 2 is 1.74 bits per heavy atom. The van der Waals surface area contributed by atoms with Crippen molar-refractivity contribution >= 4 is 17.6 Å². The zero-order valence-corrected chi connectivity index (χ0v) is 13.5. The molecule has 1 atom stereocenters. The van der Waals surface area contributed by atoms with Gasteiger partial charge in [-0.25, -0.2) is 0 Å². The Bertz CT molecular complexity index is 606. The van der Waals surface area contributed by atoms with E-state index in [1.54, 1.807) is 24.3 Å². The van der Waals surface area contributed by atoms with E-state index in [-0.39, 0.29) is 23.6 Å². The van der Waals surface area contributed by atoms with Gasteiger partial charge in [0.05, 0.1) is 17.2 Å². The normalized spacial score (nSPS) is 21.6. The van der Waals surface area contributed by atoms with Gasteiger partial charge in [0.1, 0.15) is 5.78 Å². The van der Waals surface area contributed by atoms with E-state index in [1.165, 1.54) is 4.90 Å². The molecule has 0 aliphatic carbocycles. The number of hydrogen-bond acceptors (Lipinski definition) is 4. The molecule has 1 saturated heterocycles. The average Bonchev–Trinajstić information content (AvgIpc) is 2.84. The van der Waals surface area contributed by atoms with Crippen LogP contribution >= 0.6 is 0 Å². The highest BCUT2D eigenvalue weighted by atomic mass is 16.2. The molecule has 5 heteroatoms. The molecular formula is C18H22N2O3. The molecule has 2 amide bonds. The Hall–Kier alpha value is -2.01. The maximum absolute atomic E-state index is 12.4. The van der Waals surface area contributed by atoms with Crippen molar-refractivity contribution in [1.82, 2.24) is 9.80 Å². The van der Waals surface area contributed by atoms with Crippen LogP contribution in [0.15, 0.2) is 24.3 Å². The number of Topliss-reactive ketones (excluding diaryl/α,β-unsaturated/α-hetero) is 1. The Kier molecular flexibility index (Phi) is 4.57. The van der Waals surface area contributed by atoms with Crippen molar-refractivity contribution in [3.8, 4) is 0 Å². The number of amides is 2. The number of rotatable bonds is 5. The molecule has 23 heavy (non-hydrogen) atoms.